The zero-order valence-electron chi connectivity index (χ0n) is 22.8. The molecule has 0 spiro atoms. The van der Waals surface area contributed by atoms with Crippen molar-refractivity contribution in [3.63, 3.8) is 0 Å². The number of nitrogens with one attached hydrogen (secondary N) is 2. The van der Waals surface area contributed by atoms with Crippen molar-refractivity contribution in [3.05, 3.63) is 54.1 Å². The molecule has 1 aliphatic heterocycles. The summed E-state index contributed by atoms with van der Waals surface area (Å²) in [4.78, 5) is 30.4. The van der Waals surface area contributed by atoms with Gasteiger partial charge in [-0.15, -0.1) is 0 Å². The van der Waals surface area contributed by atoms with Crippen LogP contribution in [0, 0.1) is 5.92 Å². The van der Waals surface area contributed by atoms with Crippen LogP contribution in [0.5, 0.6) is 0 Å². The standard InChI is InChI=1S/C28H37N5O5S2/c1-20(2)16-33(17-25(35)24(29-19-34)14-21-8-4-3-5-9-21)40(37,38)22-10-11-23-26(15-22)39-28(30-23)31-27(36)18-32-12-6-7-13-32/h3-5,8-11,15,19-20,24-25,35H,6-7,12-14,16-18H2,1-2H3,(H,29,34)(H,30,31,36)/t24-,25+/m0/s1. The van der Waals surface area contributed by atoms with Crippen molar-refractivity contribution < 1.29 is 23.1 Å². The zero-order chi connectivity index (χ0) is 28.7. The van der Waals surface area contributed by atoms with Crippen molar-refractivity contribution in [3.8, 4) is 0 Å². The van der Waals surface area contributed by atoms with E-state index in [1.807, 2.05) is 44.2 Å². The lowest BCUT2D eigenvalue weighted by Gasteiger charge is -2.30. The molecule has 0 saturated carbocycles. The molecule has 1 aromatic heterocycles. The van der Waals surface area contributed by atoms with Gasteiger partial charge in [0.1, 0.15) is 0 Å². The molecule has 2 atom stereocenters. The van der Waals surface area contributed by atoms with Gasteiger partial charge in [0, 0.05) is 13.1 Å². The van der Waals surface area contributed by atoms with Gasteiger partial charge in [0.25, 0.3) is 0 Å². The van der Waals surface area contributed by atoms with Crippen LogP contribution in [-0.4, -0.2) is 84.9 Å². The van der Waals surface area contributed by atoms with E-state index in [1.165, 1.54) is 21.7 Å². The molecule has 0 aliphatic carbocycles. The molecule has 2 amide bonds. The third-order valence-electron chi connectivity index (χ3n) is 6.81. The van der Waals surface area contributed by atoms with Crippen molar-refractivity contribution in [1.29, 1.82) is 0 Å². The third-order valence-corrected chi connectivity index (χ3v) is 9.58. The summed E-state index contributed by atoms with van der Waals surface area (Å²) in [6, 6.07) is 13.4. The number of anilines is 1. The smallest absolute Gasteiger partial charge is 0.243 e. The largest absolute Gasteiger partial charge is 0.390 e. The number of aliphatic hydroxyl groups excluding tert-OH is 1. The first-order valence-electron chi connectivity index (χ1n) is 13.5. The highest BCUT2D eigenvalue weighted by Gasteiger charge is 2.31. The van der Waals surface area contributed by atoms with Crippen LogP contribution in [0.1, 0.15) is 32.3 Å². The predicted octanol–water partition coefficient (Wildman–Crippen LogP) is 2.70. The SMILES string of the molecule is CC(C)CN(C[C@@H](O)[C@H](Cc1ccccc1)NC=O)S(=O)(=O)c1ccc2nc(NC(=O)CN3CCCC3)sc2c1. The average Bonchev–Trinajstić information content (AvgIpc) is 3.57. The second-order valence-electron chi connectivity index (χ2n) is 10.5. The van der Waals surface area contributed by atoms with E-state index < -0.39 is 22.2 Å². The topological polar surface area (TPSA) is 132 Å². The lowest BCUT2D eigenvalue weighted by Crippen LogP contribution is -2.49. The molecule has 10 nitrogen and oxygen atoms in total. The van der Waals surface area contributed by atoms with Gasteiger partial charge in [-0.1, -0.05) is 55.5 Å². The number of likely N-dealkylation sites (tertiary alicyclic amines) is 1. The van der Waals surface area contributed by atoms with Gasteiger partial charge in [-0.2, -0.15) is 4.31 Å². The molecule has 1 aliphatic rings. The number of aliphatic hydroxyl groups is 1. The Kier molecular flexibility index (Phi) is 10.3. The molecule has 2 heterocycles. The quantitative estimate of drug-likeness (QED) is 0.247. The number of hydrogen-bond acceptors (Lipinski definition) is 8. The third kappa shape index (κ3) is 7.85. The first-order valence-corrected chi connectivity index (χ1v) is 15.8. The second kappa shape index (κ2) is 13.6. The molecule has 2 aromatic carbocycles. The maximum absolute atomic E-state index is 13.8. The van der Waals surface area contributed by atoms with Crippen molar-refractivity contribution >= 4 is 49.0 Å². The molecule has 40 heavy (non-hydrogen) atoms. The average molecular weight is 588 g/mol. The highest BCUT2D eigenvalue weighted by Crippen LogP contribution is 2.30. The van der Waals surface area contributed by atoms with Gasteiger partial charge in [-0.3, -0.25) is 14.5 Å². The highest BCUT2D eigenvalue weighted by molar-refractivity contribution is 7.89. The number of carbonyl (C=O) groups excluding carboxylic acids is 2. The fraction of sp³-hybridized carbons (Fsp3) is 0.464. The fourth-order valence-corrected chi connectivity index (χ4v) is 7.49. The predicted molar refractivity (Wildman–Crippen MR) is 157 cm³/mol. The number of rotatable bonds is 14. The van der Waals surface area contributed by atoms with Crippen LogP contribution in [-0.2, 0) is 26.0 Å². The first-order chi connectivity index (χ1) is 19.2. The molecule has 0 unspecified atom stereocenters. The van der Waals surface area contributed by atoms with Gasteiger partial charge in [-0.05, 0) is 62.0 Å². The second-order valence-corrected chi connectivity index (χ2v) is 13.5. The zero-order valence-corrected chi connectivity index (χ0v) is 24.5. The number of carbonyl (C=O) groups is 2. The van der Waals surface area contributed by atoms with Gasteiger partial charge >= 0.3 is 0 Å². The molecule has 3 N–H and O–H groups in total. The van der Waals surface area contributed by atoms with E-state index in [2.05, 4.69) is 20.5 Å². The number of nitrogens with zero attached hydrogens (tertiary/aromatic N) is 3. The van der Waals surface area contributed by atoms with Gasteiger partial charge in [0.05, 0.1) is 33.8 Å². The minimum absolute atomic E-state index is 0.00173. The summed E-state index contributed by atoms with van der Waals surface area (Å²) in [5.41, 5.74) is 1.51. The van der Waals surface area contributed by atoms with Crippen molar-refractivity contribution in [1.82, 2.24) is 19.5 Å². The van der Waals surface area contributed by atoms with Gasteiger partial charge in [-0.25, -0.2) is 13.4 Å². The van der Waals surface area contributed by atoms with Crippen LogP contribution < -0.4 is 10.6 Å². The van der Waals surface area contributed by atoms with Crippen LogP contribution in [0.3, 0.4) is 0 Å². The molecule has 0 radical (unpaired) electrons. The van der Waals surface area contributed by atoms with E-state index in [0.29, 0.717) is 34.7 Å². The lowest BCUT2D eigenvalue weighted by molar-refractivity contribution is -0.117. The molecule has 3 aromatic rings. The number of benzene rings is 2. The molecule has 1 fully saturated rings. The molecule has 1 saturated heterocycles. The van der Waals surface area contributed by atoms with Gasteiger partial charge in [0.2, 0.25) is 22.3 Å². The summed E-state index contributed by atoms with van der Waals surface area (Å²) >= 11 is 1.22. The molecule has 0 bridgehead atoms. The summed E-state index contributed by atoms with van der Waals surface area (Å²) in [5, 5.41) is 17.0. The Morgan fingerprint density at radius 2 is 1.88 bits per heavy atom. The normalized spacial score (nSPS) is 15.9. The monoisotopic (exact) mass is 587 g/mol. The summed E-state index contributed by atoms with van der Waals surface area (Å²) in [6.45, 7) is 5.95. The Hall–Kier alpha value is -2.90. The minimum Gasteiger partial charge on any atom is -0.390 e. The van der Waals surface area contributed by atoms with Crippen LogP contribution in [0.25, 0.3) is 10.2 Å². The molecular weight excluding hydrogens is 550 g/mol. The Bertz CT molecular complexity index is 1390. The van der Waals surface area contributed by atoms with Crippen LogP contribution in [0.4, 0.5) is 5.13 Å². The first kappa shape index (κ1) is 30.1. The van der Waals surface area contributed by atoms with Gasteiger partial charge in [0.15, 0.2) is 5.13 Å². The number of amides is 2. The van der Waals surface area contributed by atoms with E-state index in [4.69, 9.17) is 0 Å². The molecule has 12 heteroatoms. The Labute approximate surface area is 239 Å². The summed E-state index contributed by atoms with van der Waals surface area (Å²) in [7, 11) is -3.99. The Morgan fingerprint density at radius 1 is 1.15 bits per heavy atom. The number of fused-ring (bicyclic) bond motifs is 1. The molecule has 216 valence electrons. The van der Waals surface area contributed by atoms with E-state index in [-0.39, 0.29) is 29.8 Å². The number of thiazole rings is 1. The van der Waals surface area contributed by atoms with E-state index in [9.17, 15) is 23.1 Å². The van der Waals surface area contributed by atoms with Crippen LogP contribution >= 0.6 is 11.3 Å². The van der Waals surface area contributed by atoms with Crippen LogP contribution in [0.15, 0.2) is 53.4 Å². The number of aromatic nitrogens is 1. The van der Waals surface area contributed by atoms with E-state index in [0.717, 1.165) is 31.5 Å². The van der Waals surface area contributed by atoms with Crippen LogP contribution in [0.2, 0.25) is 0 Å². The van der Waals surface area contributed by atoms with Gasteiger partial charge < -0.3 is 15.7 Å². The summed E-state index contributed by atoms with van der Waals surface area (Å²) in [6.07, 6.45) is 1.94. The van der Waals surface area contributed by atoms with Crippen molar-refractivity contribution in [2.24, 2.45) is 5.92 Å². The minimum atomic E-state index is -3.99. The Balaban J connectivity index is 1.51. The summed E-state index contributed by atoms with van der Waals surface area (Å²) in [5.74, 6) is -0.141. The number of sulfonamides is 1. The maximum Gasteiger partial charge on any atom is 0.243 e. The molecule has 4 rings (SSSR count). The van der Waals surface area contributed by atoms with E-state index >= 15 is 0 Å². The van der Waals surface area contributed by atoms with Crippen molar-refractivity contribution in [2.75, 3.05) is 38.0 Å². The van der Waals surface area contributed by atoms with E-state index in [1.54, 1.807) is 12.1 Å². The fourth-order valence-electron chi connectivity index (χ4n) is 4.85. The maximum atomic E-state index is 13.8. The Morgan fingerprint density at radius 3 is 2.55 bits per heavy atom. The van der Waals surface area contributed by atoms with Crippen molar-refractivity contribution in [2.45, 2.75) is 50.2 Å². The number of hydrogen-bond donors (Lipinski definition) is 3. The highest BCUT2D eigenvalue weighted by atomic mass is 32.2. The summed E-state index contributed by atoms with van der Waals surface area (Å²) < 4.78 is 29.5. The lowest BCUT2D eigenvalue weighted by atomic mass is 10.0. The molecular formula is C28H37N5O5S2.